The van der Waals surface area contributed by atoms with Gasteiger partial charge in [0, 0.05) is 16.8 Å². The number of hydrogen-bond donors (Lipinski definition) is 0. The Morgan fingerprint density at radius 1 is 1.27 bits per heavy atom. The molecule has 1 aliphatic heterocycles. The topological polar surface area (TPSA) is 22.1 Å². The summed E-state index contributed by atoms with van der Waals surface area (Å²) in [6.07, 6.45) is 2.02. The summed E-state index contributed by atoms with van der Waals surface area (Å²) in [6.45, 7) is 6.24. The summed E-state index contributed by atoms with van der Waals surface area (Å²) < 4.78 is 20.4. The van der Waals surface area contributed by atoms with E-state index >= 15 is 0 Å². The number of pyridine rings is 1. The third kappa shape index (κ3) is 2.87. The van der Waals surface area contributed by atoms with E-state index in [4.69, 9.17) is 4.74 Å². The average Bonchev–Trinajstić information content (AvgIpc) is 2.45. The van der Waals surface area contributed by atoms with Gasteiger partial charge >= 0.3 is 0 Å². The van der Waals surface area contributed by atoms with E-state index in [1.165, 1.54) is 0 Å². The van der Waals surface area contributed by atoms with Crippen LogP contribution in [-0.4, -0.2) is 11.1 Å². The van der Waals surface area contributed by atoms with Crippen LogP contribution in [0, 0.1) is 18.7 Å². The molecule has 2 atom stereocenters. The van der Waals surface area contributed by atoms with Crippen molar-refractivity contribution in [3.63, 3.8) is 0 Å². The maximum absolute atomic E-state index is 14.4. The minimum absolute atomic E-state index is 0.189. The van der Waals surface area contributed by atoms with Gasteiger partial charge in [0.25, 0.3) is 0 Å². The summed E-state index contributed by atoms with van der Waals surface area (Å²) in [5.74, 6) is 0.924. The highest BCUT2D eigenvalue weighted by atomic mass is 31.0. The molecule has 4 heteroatoms. The fraction of sp³-hybridized carbons (Fsp3) is 0.389. The van der Waals surface area contributed by atoms with Crippen molar-refractivity contribution < 1.29 is 9.13 Å². The number of ether oxygens (including phenoxy) is 1. The minimum atomic E-state index is -0.203. The molecule has 0 aliphatic carbocycles. The molecule has 1 aromatic heterocycles. The van der Waals surface area contributed by atoms with Gasteiger partial charge in [0.2, 0.25) is 5.88 Å². The Morgan fingerprint density at radius 2 is 2.05 bits per heavy atom. The van der Waals surface area contributed by atoms with Crippen LogP contribution in [0.4, 0.5) is 4.39 Å². The molecule has 0 saturated carbocycles. The number of aromatic nitrogens is 1. The number of halogens is 1. The highest BCUT2D eigenvalue weighted by Crippen LogP contribution is 2.37. The smallest absolute Gasteiger partial charge is 0.217 e. The maximum Gasteiger partial charge on any atom is 0.217 e. The number of hydrogen-bond acceptors (Lipinski definition) is 2. The van der Waals surface area contributed by atoms with Gasteiger partial charge in [0.15, 0.2) is 0 Å². The quantitative estimate of drug-likeness (QED) is 0.780. The van der Waals surface area contributed by atoms with Crippen LogP contribution >= 0.6 is 9.24 Å². The standard InChI is InChI=1S/C18H21FNOP/c1-10(2)17-7-6-14-15(8-11(3)20-18(14)21-17)13-5-4-12(22)9-16(13)19/h4-5,8-10,17H,6-7,22H2,1-3H3. The Hall–Kier alpha value is -1.47. The van der Waals surface area contributed by atoms with Crippen molar-refractivity contribution in [3.8, 4) is 17.0 Å². The van der Waals surface area contributed by atoms with E-state index < -0.39 is 0 Å². The van der Waals surface area contributed by atoms with E-state index in [0.717, 1.165) is 35.0 Å². The zero-order valence-corrected chi connectivity index (χ0v) is 14.3. The zero-order valence-electron chi connectivity index (χ0n) is 13.2. The summed E-state index contributed by atoms with van der Waals surface area (Å²) in [5.41, 5.74) is 3.41. The van der Waals surface area contributed by atoms with Gasteiger partial charge in [-0.2, -0.15) is 0 Å². The van der Waals surface area contributed by atoms with Crippen molar-refractivity contribution in [3.05, 3.63) is 41.3 Å². The molecular formula is C18H21FNOP. The van der Waals surface area contributed by atoms with Crippen molar-refractivity contribution in [2.75, 3.05) is 0 Å². The van der Waals surface area contributed by atoms with E-state index in [9.17, 15) is 4.39 Å². The second-order valence-electron chi connectivity index (χ2n) is 6.27. The average molecular weight is 317 g/mol. The maximum atomic E-state index is 14.4. The molecule has 0 bridgehead atoms. The molecule has 1 aromatic carbocycles. The summed E-state index contributed by atoms with van der Waals surface area (Å²) in [4.78, 5) is 4.53. The summed E-state index contributed by atoms with van der Waals surface area (Å²) in [7, 11) is 2.52. The van der Waals surface area contributed by atoms with E-state index in [1.54, 1.807) is 6.07 Å². The largest absolute Gasteiger partial charge is 0.474 e. The van der Waals surface area contributed by atoms with Crippen LogP contribution in [-0.2, 0) is 6.42 Å². The normalized spacial score (nSPS) is 17.3. The summed E-state index contributed by atoms with van der Waals surface area (Å²) >= 11 is 0. The summed E-state index contributed by atoms with van der Waals surface area (Å²) in [5, 5.41) is 0.844. The predicted octanol–water partition coefficient (Wildman–Crippen LogP) is 4.05. The Kier molecular flexibility index (Phi) is 4.18. The Balaban J connectivity index is 2.10. The number of fused-ring (bicyclic) bond motifs is 1. The van der Waals surface area contributed by atoms with Gasteiger partial charge in [-0.15, -0.1) is 9.24 Å². The van der Waals surface area contributed by atoms with E-state index in [2.05, 4.69) is 28.1 Å². The molecule has 116 valence electrons. The van der Waals surface area contributed by atoms with Gasteiger partial charge in [-0.25, -0.2) is 9.37 Å². The Labute approximate surface area is 133 Å². The molecule has 0 spiro atoms. The van der Waals surface area contributed by atoms with Crippen LogP contribution in [0.1, 0.15) is 31.5 Å². The lowest BCUT2D eigenvalue weighted by Crippen LogP contribution is -2.28. The molecule has 22 heavy (non-hydrogen) atoms. The highest BCUT2D eigenvalue weighted by Gasteiger charge is 2.26. The molecule has 1 aliphatic rings. The molecular weight excluding hydrogens is 296 g/mol. The van der Waals surface area contributed by atoms with Gasteiger partial charge in [-0.1, -0.05) is 26.0 Å². The molecule has 0 radical (unpaired) electrons. The fourth-order valence-corrected chi connectivity index (χ4v) is 3.20. The Bertz CT molecular complexity index is 714. The monoisotopic (exact) mass is 317 g/mol. The van der Waals surface area contributed by atoms with Crippen molar-refractivity contribution in [2.24, 2.45) is 5.92 Å². The van der Waals surface area contributed by atoms with Gasteiger partial charge in [0.05, 0.1) is 0 Å². The van der Waals surface area contributed by atoms with Crippen LogP contribution < -0.4 is 10.0 Å². The van der Waals surface area contributed by atoms with Crippen LogP contribution in [0.2, 0.25) is 0 Å². The van der Waals surface area contributed by atoms with Crippen molar-refractivity contribution >= 4 is 14.5 Å². The van der Waals surface area contributed by atoms with Crippen molar-refractivity contribution in [1.29, 1.82) is 0 Å². The molecule has 0 saturated heterocycles. The molecule has 0 fully saturated rings. The number of aryl methyl sites for hydroxylation is 1. The van der Waals surface area contributed by atoms with Gasteiger partial charge in [-0.05, 0) is 48.7 Å². The highest BCUT2D eigenvalue weighted by molar-refractivity contribution is 7.27. The van der Waals surface area contributed by atoms with Crippen molar-refractivity contribution in [1.82, 2.24) is 4.98 Å². The first kappa shape index (κ1) is 15.4. The van der Waals surface area contributed by atoms with E-state index in [0.29, 0.717) is 17.4 Å². The number of benzene rings is 1. The fourth-order valence-electron chi connectivity index (χ4n) is 2.96. The lowest BCUT2D eigenvalue weighted by atomic mass is 9.91. The first-order valence-electron chi connectivity index (χ1n) is 7.68. The summed E-state index contributed by atoms with van der Waals surface area (Å²) in [6, 6.07) is 7.24. The van der Waals surface area contributed by atoms with Gasteiger partial charge < -0.3 is 4.74 Å². The molecule has 2 heterocycles. The molecule has 2 nitrogen and oxygen atoms in total. The lowest BCUT2D eigenvalue weighted by molar-refractivity contribution is 0.120. The third-order valence-corrected chi connectivity index (χ3v) is 4.54. The number of rotatable bonds is 2. The minimum Gasteiger partial charge on any atom is -0.474 e. The number of nitrogens with zero attached hydrogens (tertiary/aromatic N) is 1. The molecule has 2 aromatic rings. The molecule has 3 rings (SSSR count). The Morgan fingerprint density at radius 3 is 2.73 bits per heavy atom. The zero-order chi connectivity index (χ0) is 15.9. The van der Waals surface area contributed by atoms with Gasteiger partial charge in [0.1, 0.15) is 11.9 Å². The second-order valence-corrected chi connectivity index (χ2v) is 6.94. The van der Waals surface area contributed by atoms with Crippen LogP contribution in [0.15, 0.2) is 24.3 Å². The lowest BCUT2D eigenvalue weighted by Gasteiger charge is -2.29. The molecule has 0 amide bonds. The van der Waals surface area contributed by atoms with Crippen LogP contribution in [0.25, 0.3) is 11.1 Å². The van der Waals surface area contributed by atoms with Crippen LogP contribution in [0.3, 0.4) is 0 Å². The SMILES string of the molecule is Cc1cc(-c2ccc(P)cc2F)c2c(n1)OC(C(C)C)CC2. The molecule has 0 N–H and O–H groups in total. The van der Waals surface area contributed by atoms with E-state index in [1.807, 2.05) is 25.1 Å². The van der Waals surface area contributed by atoms with Crippen molar-refractivity contribution in [2.45, 2.75) is 39.7 Å². The first-order chi connectivity index (χ1) is 10.5. The second kappa shape index (κ2) is 5.96. The third-order valence-electron chi connectivity index (χ3n) is 4.18. The molecule has 2 unspecified atom stereocenters. The van der Waals surface area contributed by atoms with Crippen LogP contribution in [0.5, 0.6) is 5.88 Å². The first-order valence-corrected chi connectivity index (χ1v) is 8.26. The van der Waals surface area contributed by atoms with Gasteiger partial charge in [-0.3, -0.25) is 0 Å². The predicted molar refractivity (Wildman–Crippen MR) is 91.3 cm³/mol. The van der Waals surface area contributed by atoms with E-state index in [-0.39, 0.29) is 11.9 Å².